The van der Waals surface area contributed by atoms with Gasteiger partial charge < -0.3 is 30.6 Å². The van der Waals surface area contributed by atoms with Crippen molar-refractivity contribution in [1.82, 2.24) is 0 Å². The third-order valence-electron chi connectivity index (χ3n) is 5.40. The molecular formula is C27H28N4O6. The highest BCUT2D eigenvalue weighted by Gasteiger charge is 2.06. The molecule has 0 unspecified atom stereocenters. The maximum atomic E-state index is 8.25. The number of benzene rings is 2. The van der Waals surface area contributed by atoms with Gasteiger partial charge in [0.2, 0.25) is 0 Å². The summed E-state index contributed by atoms with van der Waals surface area (Å²) in [7, 11) is 0. The quantitative estimate of drug-likeness (QED) is 0.216. The monoisotopic (exact) mass is 504 g/mol. The SMILES string of the molecule is CCc1cc[n+](Cc2ccc(-c3ccc(C[n+]4ccc(C)cc4)cc3)cc2)cc1.O=[N+]([O-])[O-].O=[N+]([O-])[O-]. The first-order valence-electron chi connectivity index (χ1n) is 11.4. The first-order valence-corrected chi connectivity index (χ1v) is 11.4. The Morgan fingerprint density at radius 3 is 1.22 bits per heavy atom. The Kier molecular flexibility index (Phi) is 11.1. The Balaban J connectivity index is 0.000000530. The summed E-state index contributed by atoms with van der Waals surface area (Å²) in [6.45, 7) is 6.10. The lowest BCUT2D eigenvalue weighted by atomic mass is 10.0. The summed E-state index contributed by atoms with van der Waals surface area (Å²) in [5, 5.41) is 29.5. The van der Waals surface area contributed by atoms with Gasteiger partial charge in [0.15, 0.2) is 37.9 Å². The van der Waals surface area contributed by atoms with Crippen LogP contribution in [0.3, 0.4) is 0 Å². The zero-order valence-electron chi connectivity index (χ0n) is 20.6. The minimum Gasteiger partial charge on any atom is -0.356 e. The van der Waals surface area contributed by atoms with Gasteiger partial charge in [0, 0.05) is 35.4 Å². The molecule has 0 amide bonds. The molecule has 0 saturated carbocycles. The third kappa shape index (κ3) is 11.0. The summed E-state index contributed by atoms with van der Waals surface area (Å²) >= 11 is 0. The minimum absolute atomic E-state index is 0.896. The predicted molar refractivity (Wildman–Crippen MR) is 138 cm³/mol. The van der Waals surface area contributed by atoms with Crippen LogP contribution in [0.4, 0.5) is 0 Å². The molecule has 0 aliphatic rings. The van der Waals surface area contributed by atoms with E-state index in [2.05, 4.69) is 121 Å². The van der Waals surface area contributed by atoms with Gasteiger partial charge in [0.25, 0.3) is 0 Å². The molecule has 2 aromatic heterocycles. The third-order valence-corrected chi connectivity index (χ3v) is 5.40. The maximum absolute atomic E-state index is 8.25. The van der Waals surface area contributed by atoms with E-state index in [-0.39, 0.29) is 0 Å². The van der Waals surface area contributed by atoms with Gasteiger partial charge in [-0.1, -0.05) is 55.5 Å². The van der Waals surface area contributed by atoms with E-state index in [4.69, 9.17) is 30.6 Å². The molecule has 0 bridgehead atoms. The van der Waals surface area contributed by atoms with Crippen molar-refractivity contribution >= 4 is 0 Å². The number of hydrogen-bond donors (Lipinski definition) is 0. The van der Waals surface area contributed by atoms with Crippen LogP contribution in [0.2, 0.25) is 0 Å². The van der Waals surface area contributed by atoms with Gasteiger partial charge >= 0.3 is 0 Å². The molecule has 0 spiro atoms. The Hall–Kier alpha value is -4.86. The standard InChI is InChI=1S/C27H28N2.2NO3/c1-3-23-14-18-29(19-15-23)21-25-6-10-27(11-7-25)26-8-4-24(5-9-26)20-28-16-12-22(2)13-17-28;2*2-1(3)4/h4-19H,3,20-21H2,1-2H3;;/q+2;2*-1. The molecule has 0 N–H and O–H groups in total. The molecule has 4 rings (SSSR count). The van der Waals surface area contributed by atoms with Crippen LogP contribution in [0.1, 0.15) is 29.2 Å². The zero-order valence-corrected chi connectivity index (χ0v) is 20.6. The van der Waals surface area contributed by atoms with Gasteiger partial charge in [-0.05, 0) is 35.6 Å². The van der Waals surface area contributed by atoms with E-state index < -0.39 is 10.2 Å². The Labute approximate surface area is 214 Å². The number of pyridine rings is 2. The molecule has 0 fully saturated rings. The van der Waals surface area contributed by atoms with Gasteiger partial charge in [-0.25, -0.2) is 9.13 Å². The van der Waals surface area contributed by atoms with Crippen molar-refractivity contribution in [3.63, 3.8) is 0 Å². The molecule has 0 aliphatic carbocycles. The Morgan fingerprint density at radius 2 is 0.892 bits per heavy atom. The van der Waals surface area contributed by atoms with Crippen molar-refractivity contribution in [2.24, 2.45) is 0 Å². The summed E-state index contributed by atoms with van der Waals surface area (Å²) in [5.74, 6) is 0. The Morgan fingerprint density at radius 1 is 0.568 bits per heavy atom. The summed E-state index contributed by atoms with van der Waals surface area (Å²) in [6, 6.07) is 26.5. The number of aryl methyl sites for hydroxylation is 2. The van der Waals surface area contributed by atoms with Crippen LogP contribution in [-0.4, -0.2) is 10.2 Å². The second-order valence-electron chi connectivity index (χ2n) is 8.12. The number of aromatic nitrogens is 2. The largest absolute Gasteiger partial charge is 0.356 e. The lowest BCUT2D eigenvalue weighted by Crippen LogP contribution is -2.33. The van der Waals surface area contributed by atoms with Crippen LogP contribution in [0.25, 0.3) is 11.1 Å². The molecule has 10 heteroatoms. The minimum atomic E-state index is -1.75. The highest BCUT2D eigenvalue weighted by Crippen LogP contribution is 2.20. The Bertz CT molecular complexity index is 1240. The van der Waals surface area contributed by atoms with Crippen LogP contribution >= 0.6 is 0 Å². The van der Waals surface area contributed by atoms with Crippen molar-refractivity contribution < 1.29 is 19.3 Å². The fourth-order valence-corrected chi connectivity index (χ4v) is 3.49. The molecule has 2 aromatic carbocycles. The van der Waals surface area contributed by atoms with E-state index in [0.717, 1.165) is 19.5 Å². The highest BCUT2D eigenvalue weighted by atomic mass is 16.9. The predicted octanol–water partition coefficient (Wildman–Crippen LogP) is 4.42. The summed E-state index contributed by atoms with van der Waals surface area (Å²) < 4.78 is 4.44. The van der Waals surface area contributed by atoms with Crippen LogP contribution < -0.4 is 9.13 Å². The van der Waals surface area contributed by atoms with E-state index in [9.17, 15) is 0 Å². The van der Waals surface area contributed by atoms with Gasteiger partial charge in [0.1, 0.15) is 0 Å². The van der Waals surface area contributed by atoms with Crippen LogP contribution in [0.15, 0.2) is 97.6 Å². The van der Waals surface area contributed by atoms with Crippen LogP contribution in [0, 0.1) is 37.6 Å². The molecular weight excluding hydrogens is 476 g/mol. The molecule has 4 aromatic rings. The van der Waals surface area contributed by atoms with Crippen LogP contribution in [-0.2, 0) is 19.5 Å². The molecule has 10 nitrogen and oxygen atoms in total. The van der Waals surface area contributed by atoms with Gasteiger partial charge in [-0.2, -0.15) is 0 Å². The molecule has 0 saturated heterocycles. The van der Waals surface area contributed by atoms with Gasteiger partial charge in [-0.15, -0.1) is 0 Å². The van der Waals surface area contributed by atoms with E-state index in [0.29, 0.717) is 0 Å². The van der Waals surface area contributed by atoms with E-state index in [1.165, 1.54) is 33.4 Å². The van der Waals surface area contributed by atoms with Crippen molar-refractivity contribution in [2.45, 2.75) is 33.4 Å². The van der Waals surface area contributed by atoms with E-state index in [1.807, 2.05) is 0 Å². The first kappa shape index (κ1) is 28.4. The first-order chi connectivity index (χ1) is 17.7. The highest BCUT2D eigenvalue weighted by molar-refractivity contribution is 5.63. The number of hydrogen-bond acceptors (Lipinski definition) is 6. The summed E-state index contributed by atoms with van der Waals surface area (Å²) in [4.78, 5) is 16.5. The molecule has 192 valence electrons. The lowest BCUT2D eigenvalue weighted by molar-refractivity contribution is -0.688. The average Bonchev–Trinajstić information content (AvgIpc) is 2.86. The molecule has 0 aliphatic heterocycles. The van der Waals surface area contributed by atoms with Crippen molar-refractivity contribution in [2.75, 3.05) is 0 Å². The lowest BCUT2D eigenvalue weighted by Gasteiger charge is -2.05. The van der Waals surface area contributed by atoms with Crippen molar-refractivity contribution in [1.29, 1.82) is 0 Å². The maximum Gasteiger partial charge on any atom is 0.173 e. The fraction of sp³-hybridized carbons (Fsp3) is 0.185. The van der Waals surface area contributed by atoms with Crippen molar-refractivity contribution in [3.05, 3.63) is 150 Å². The van der Waals surface area contributed by atoms with E-state index >= 15 is 0 Å². The number of nitrogens with zero attached hydrogens (tertiary/aromatic N) is 4. The topological polar surface area (TPSA) is 140 Å². The summed E-state index contributed by atoms with van der Waals surface area (Å²) in [5.41, 5.74) is 7.81. The molecule has 0 atom stereocenters. The zero-order chi connectivity index (χ0) is 27.2. The smallest absolute Gasteiger partial charge is 0.173 e. The average molecular weight is 505 g/mol. The molecule has 2 heterocycles. The normalized spacial score (nSPS) is 9.78. The van der Waals surface area contributed by atoms with Crippen molar-refractivity contribution in [3.8, 4) is 11.1 Å². The number of rotatable bonds is 6. The van der Waals surface area contributed by atoms with Crippen LogP contribution in [0.5, 0.6) is 0 Å². The summed E-state index contributed by atoms with van der Waals surface area (Å²) in [6.07, 6.45) is 9.68. The fourth-order valence-electron chi connectivity index (χ4n) is 3.49. The molecule has 37 heavy (non-hydrogen) atoms. The second kappa shape index (κ2) is 14.5. The van der Waals surface area contributed by atoms with Gasteiger partial charge in [-0.3, -0.25) is 0 Å². The van der Waals surface area contributed by atoms with Gasteiger partial charge in [0.05, 0.1) is 10.2 Å². The molecule has 0 radical (unpaired) electrons. The van der Waals surface area contributed by atoms with E-state index in [1.54, 1.807) is 0 Å². The second-order valence-corrected chi connectivity index (χ2v) is 8.12.